The van der Waals surface area contributed by atoms with Crippen LogP contribution in [0, 0.1) is 34.5 Å². The highest BCUT2D eigenvalue weighted by molar-refractivity contribution is 9.10. The van der Waals surface area contributed by atoms with Crippen LogP contribution in [0.25, 0.3) is 0 Å². The first-order valence-corrected chi connectivity index (χ1v) is 12.5. The zero-order valence-electron chi connectivity index (χ0n) is 18.8. The number of alkyl halides is 1. The van der Waals surface area contributed by atoms with Crippen molar-refractivity contribution in [3.63, 3.8) is 0 Å². The molecule has 0 aromatic heterocycles. The van der Waals surface area contributed by atoms with Crippen molar-refractivity contribution >= 4 is 34.2 Å². The summed E-state index contributed by atoms with van der Waals surface area (Å²) in [6.07, 6.45) is 6.26. The molecule has 0 heterocycles. The number of hydrogen-bond donors (Lipinski definition) is 1. The van der Waals surface area contributed by atoms with Gasteiger partial charge >= 0.3 is 5.97 Å². The second-order valence-electron chi connectivity index (χ2n) is 10.9. The molecule has 9 atom stereocenters. The van der Waals surface area contributed by atoms with Gasteiger partial charge in [-0.05, 0) is 73.5 Å². The molecular formula is C24H35BrO6. The van der Waals surface area contributed by atoms with Gasteiger partial charge in [0, 0.05) is 19.3 Å². The van der Waals surface area contributed by atoms with E-state index in [0.717, 1.165) is 38.5 Å². The molecule has 4 fully saturated rings. The van der Waals surface area contributed by atoms with Gasteiger partial charge in [-0.15, -0.1) is 0 Å². The molecule has 0 aromatic rings. The van der Waals surface area contributed by atoms with Crippen LogP contribution in [0.3, 0.4) is 0 Å². The van der Waals surface area contributed by atoms with Crippen molar-refractivity contribution in [3.8, 4) is 0 Å². The molecule has 7 heteroatoms. The van der Waals surface area contributed by atoms with Crippen molar-refractivity contribution in [3.05, 3.63) is 0 Å². The van der Waals surface area contributed by atoms with Gasteiger partial charge in [-0.1, -0.05) is 29.8 Å². The van der Waals surface area contributed by atoms with Crippen molar-refractivity contribution < 1.29 is 29.0 Å². The average Bonchev–Trinajstić information content (AvgIpc) is 3.06. The molecule has 4 rings (SSSR count). The van der Waals surface area contributed by atoms with E-state index in [-0.39, 0.29) is 35.2 Å². The van der Waals surface area contributed by atoms with E-state index >= 15 is 0 Å². The number of carbonyl (C=O) groups is 3. The minimum absolute atomic E-state index is 0.0441. The zero-order valence-corrected chi connectivity index (χ0v) is 20.4. The van der Waals surface area contributed by atoms with Crippen molar-refractivity contribution in [1.82, 2.24) is 0 Å². The van der Waals surface area contributed by atoms with Gasteiger partial charge in [0.2, 0.25) is 0 Å². The third kappa shape index (κ3) is 3.49. The van der Waals surface area contributed by atoms with Gasteiger partial charge in [-0.25, -0.2) is 0 Å². The van der Waals surface area contributed by atoms with Crippen LogP contribution in [0.5, 0.6) is 0 Å². The lowest BCUT2D eigenvalue weighted by molar-refractivity contribution is -0.165. The summed E-state index contributed by atoms with van der Waals surface area (Å²) in [6.45, 7) is 6.29. The summed E-state index contributed by atoms with van der Waals surface area (Å²) in [5.41, 5.74) is -0.183. The number of rotatable bonds is 5. The Labute approximate surface area is 192 Å². The number of ether oxygens (including phenoxy) is 2. The van der Waals surface area contributed by atoms with Gasteiger partial charge in [0.25, 0.3) is 6.47 Å². The van der Waals surface area contributed by atoms with Crippen LogP contribution in [0.15, 0.2) is 0 Å². The number of ketones is 1. The summed E-state index contributed by atoms with van der Waals surface area (Å²) in [5.74, 6) is 0.790. The first kappa shape index (κ1) is 23.2. The third-order valence-corrected chi connectivity index (χ3v) is 11.6. The molecule has 0 saturated heterocycles. The van der Waals surface area contributed by atoms with Crippen LogP contribution >= 0.6 is 15.9 Å². The van der Waals surface area contributed by atoms with Crippen LogP contribution in [0.2, 0.25) is 0 Å². The van der Waals surface area contributed by atoms with E-state index < -0.39 is 16.4 Å². The third-order valence-electron chi connectivity index (χ3n) is 9.79. The normalized spacial score (nSPS) is 48.7. The molecule has 4 saturated carbocycles. The highest BCUT2D eigenvalue weighted by atomic mass is 79.9. The molecule has 0 radical (unpaired) electrons. The maximum Gasteiger partial charge on any atom is 0.303 e. The summed E-state index contributed by atoms with van der Waals surface area (Å²) in [4.78, 5) is 35.0. The highest BCUT2D eigenvalue weighted by Gasteiger charge is 2.67. The Morgan fingerprint density at radius 3 is 2.55 bits per heavy atom. The van der Waals surface area contributed by atoms with Crippen molar-refractivity contribution in [2.75, 3.05) is 6.61 Å². The zero-order chi connectivity index (χ0) is 22.6. The number of hydrogen-bond acceptors (Lipinski definition) is 6. The number of aliphatic hydroxyl groups is 1. The van der Waals surface area contributed by atoms with E-state index in [1.165, 1.54) is 6.92 Å². The number of Topliss-reactive ketones (excluding diaryl/α,β-unsaturated/α-hetero) is 1. The van der Waals surface area contributed by atoms with Gasteiger partial charge in [0.15, 0.2) is 5.78 Å². The lowest BCUT2D eigenvalue weighted by atomic mass is 9.44. The predicted octanol–water partition coefficient (Wildman–Crippen LogP) is 3.81. The fourth-order valence-electron chi connectivity index (χ4n) is 8.19. The molecule has 0 aromatic carbocycles. The summed E-state index contributed by atoms with van der Waals surface area (Å²) in [6, 6.07) is 0. The summed E-state index contributed by atoms with van der Waals surface area (Å²) < 4.78 is 9.87. The minimum Gasteiger partial charge on any atom is -0.465 e. The van der Waals surface area contributed by atoms with Gasteiger partial charge < -0.3 is 14.6 Å². The van der Waals surface area contributed by atoms with Crippen molar-refractivity contribution in [2.24, 2.45) is 34.5 Å². The quantitative estimate of drug-likeness (QED) is 0.352. The standard InChI is InChI=1S/C24H35BrO6/c1-14(27)30-12-20(28)19-5-4-17-16-10-21(29)24(25)11-15(31-13-26)6-9-23(24,3)18(16)7-8-22(17,19)2/h13,15-19,21,29H,4-12H2,1-3H3/t15-,16-,17-,18-,19+,21+,22-,23+,24-/m0/s1. The van der Waals surface area contributed by atoms with E-state index in [2.05, 4.69) is 29.8 Å². The fourth-order valence-corrected chi connectivity index (χ4v) is 9.23. The molecule has 0 unspecified atom stereocenters. The summed E-state index contributed by atoms with van der Waals surface area (Å²) in [5, 5.41) is 11.4. The summed E-state index contributed by atoms with van der Waals surface area (Å²) >= 11 is 3.97. The second-order valence-corrected chi connectivity index (χ2v) is 12.3. The van der Waals surface area contributed by atoms with Crippen LogP contribution in [0.1, 0.15) is 72.1 Å². The first-order chi connectivity index (χ1) is 14.6. The molecular weight excluding hydrogens is 464 g/mol. The molecule has 0 amide bonds. The van der Waals surface area contributed by atoms with Crippen LogP contribution in [0.4, 0.5) is 0 Å². The van der Waals surface area contributed by atoms with Gasteiger partial charge in [0.1, 0.15) is 12.7 Å². The Bertz CT molecular complexity index is 756. The fraction of sp³-hybridized carbons (Fsp3) is 0.875. The second kappa shape index (κ2) is 8.12. The monoisotopic (exact) mass is 498 g/mol. The molecule has 0 spiro atoms. The lowest BCUT2D eigenvalue weighted by Gasteiger charge is -2.65. The maximum absolute atomic E-state index is 12.9. The first-order valence-electron chi connectivity index (χ1n) is 11.7. The lowest BCUT2D eigenvalue weighted by Crippen LogP contribution is -2.66. The minimum atomic E-state index is -0.519. The van der Waals surface area contributed by atoms with Crippen LogP contribution in [-0.2, 0) is 23.9 Å². The van der Waals surface area contributed by atoms with Crippen LogP contribution in [-0.4, -0.2) is 46.5 Å². The molecule has 1 N–H and O–H groups in total. The van der Waals surface area contributed by atoms with E-state index in [1.54, 1.807) is 0 Å². The number of esters is 1. The average molecular weight is 499 g/mol. The molecule has 174 valence electrons. The Morgan fingerprint density at radius 2 is 1.87 bits per heavy atom. The Morgan fingerprint density at radius 1 is 1.13 bits per heavy atom. The Hall–Kier alpha value is -0.950. The SMILES string of the molecule is CC(=O)OCC(=O)[C@H]1CC[C@H]2[C@@H]3C[C@@H](O)[C@@]4(Br)C[C@@H](OC=O)CC[C@]4(C)[C@H]3CC[C@]12C. The molecule has 4 aliphatic rings. The smallest absolute Gasteiger partial charge is 0.303 e. The van der Waals surface area contributed by atoms with Crippen LogP contribution < -0.4 is 0 Å². The highest BCUT2D eigenvalue weighted by Crippen LogP contribution is 2.70. The maximum atomic E-state index is 12.9. The Kier molecular flexibility index (Phi) is 6.08. The predicted molar refractivity (Wildman–Crippen MR) is 117 cm³/mol. The molecule has 4 aliphatic carbocycles. The molecule has 31 heavy (non-hydrogen) atoms. The molecule has 0 aliphatic heterocycles. The number of fused-ring (bicyclic) bond motifs is 5. The van der Waals surface area contributed by atoms with Gasteiger partial charge in [-0.2, -0.15) is 0 Å². The number of halogens is 1. The molecule has 0 bridgehead atoms. The van der Waals surface area contributed by atoms with Crippen molar-refractivity contribution in [2.45, 2.75) is 88.7 Å². The van der Waals surface area contributed by atoms with E-state index in [0.29, 0.717) is 37.1 Å². The molecule has 6 nitrogen and oxygen atoms in total. The topological polar surface area (TPSA) is 89.9 Å². The van der Waals surface area contributed by atoms with Crippen molar-refractivity contribution in [1.29, 1.82) is 0 Å². The van der Waals surface area contributed by atoms with Gasteiger partial charge in [-0.3, -0.25) is 14.4 Å². The largest absolute Gasteiger partial charge is 0.465 e. The number of aliphatic hydroxyl groups excluding tert-OH is 1. The number of carbonyl (C=O) groups excluding carboxylic acids is 3. The van der Waals surface area contributed by atoms with Gasteiger partial charge in [0.05, 0.1) is 10.4 Å². The van der Waals surface area contributed by atoms with E-state index in [9.17, 15) is 19.5 Å². The Balaban J connectivity index is 1.57. The van der Waals surface area contributed by atoms with E-state index in [1.807, 2.05) is 0 Å². The van der Waals surface area contributed by atoms with E-state index in [4.69, 9.17) is 9.47 Å². The summed E-state index contributed by atoms with van der Waals surface area (Å²) in [7, 11) is 0.